The highest BCUT2D eigenvalue weighted by Crippen LogP contribution is 2.30. The van der Waals surface area contributed by atoms with Crippen LogP contribution in [0.15, 0.2) is 95.1 Å². The molecule has 18 heteroatoms. The van der Waals surface area contributed by atoms with E-state index in [1.54, 1.807) is 48.5 Å². The van der Waals surface area contributed by atoms with Gasteiger partial charge in [-0.15, -0.1) is 0 Å². The number of hydrogen-bond donors (Lipinski definition) is 2. The fourth-order valence-electron chi connectivity index (χ4n) is 3.26. The highest BCUT2D eigenvalue weighted by Gasteiger charge is 2.20. The van der Waals surface area contributed by atoms with Crippen molar-refractivity contribution in [1.82, 2.24) is 0 Å². The zero-order valence-electron chi connectivity index (χ0n) is 21.9. The Labute approximate surface area is 256 Å². The monoisotopic (exact) mass is 640 g/mol. The standard InChI is InChI=1S/2C13H9ClN4O4/c2*14-11-4-2-1-3-9(11)8-15-16-12-6-5-10(17(19)20)7-13(12)18(21)22/h2*1-8,16H/b2*15-8+. The third-order valence-electron chi connectivity index (χ3n) is 5.37. The van der Waals surface area contributed by atoms with E-state index >= 15 is 0 Å². The average Bonchev–Trinajstić information content (AvgIpc) is 2.99. The Morgan fingerprint density at radius 3 is 1.23 bits per heavy atom. The molecule has 0 heterocycles. The summed E-state index contributed by atoms with van der Waals surface area (Å²) >= 11 is 11.9. The number of benzene rings is 4. The number of nitro groups is 4. The number of halogens is 2. The highest BCUT2D eigenvalue weighted by atomic mass is 35.5. The van der Waals surface area contributed by atoms with Gasteiger partial charge in [-0.1, -0.05) is 59.6 Å². The van der Waals surface area contributed by atoms with Gasteiger partial charge in [0.15, 0.2) is 0 Å². The normalized spacial score (nSPS) is 10.6. The Kier molecular flexibility index (Phi) is 11.3. The molecule has 4 aromatic carbocycles. The van der Waals surface area contributed by atoms with Crippen molar-refractivity contribution in [3.63, 3.8) is 0 Å². The lowest BCUT2D eigenvalue weighted by Gasteiger charge is -2.02. The molecule has 0 aromatic heterocycles. The molecule has 0 spiro atoms. The number of nitro benzene ring substituents is 4. The molecule has 0 aliphatic heterocycles. The van der Waals surface area contributed by atoms with Crippen LogP contribution < -0.4 is 10.9 Å². The van der Waals surface area contributed by atoms with E-state index in [9.17, 15) is 40.5 Å². The number of hydrazone groups is 2. The lowest BCUT2D eigenvalue weighted by Crippen LogP contribution is -1.98. The SMILES string of the molecule is O=[N+]([O-])c1ccc(N/N=C/c2ccccc2Cl)c([N+](=O)[O-])c1.O=[N+]([O-])c1ccc(N/N=C/c2ccccc2Cl)c([N+](=O)[O-])c1. The van der Waals surface area contributed by atoms with E-state index in [4.69, 9.17) is 23.2 Å². The summed E-state index contributed by atoms with van der Waals surface area (Å²) in [6.07, 6.45) is 2.79. The van der Waals surface area contributed by atoms with Gasteiger partial charge in [-0.3, -0.25) is 51.3 Å². The molecule has 16 nitrogen and oxygen atoms in total. The summed E-state index contributed by atoms with van der Waals surface area (Å²) < 4.78 is 0. The zero-order valence-corrected chi connectivity index (χ0v) is 23.5. The van der Waals surface area contributed by atoms with E-state index in [1.807, 2.05) is 0 Å². The summed E-state index contributed by atoms with van der Waals surface area (Å²) in [6, 6.07) is 20.3. The molecule has 0 unspecified atom stereocenters. The van der Waals surface area contributed by atoms with Crippen molar-refractivity contribution in [1.29, 1.82) is 0 Å². The summed E-state index contributed by atoms with van der Waals surface area (Å²) in [5.74, 6) is 0. The van der Waals surface area contributed by atoms with Crippen molar-refractivity contribution in [3.05, 3.63) is 147 Å². The van der Waals surface area contributed by atoms with Gasteiger partial charge in [0.25, 0.3) is 11.4 Å². The van der Waals surface area contributed by atoms with E-state index in [1.165, 1.54) is 24.6 Å². The van der Waals surface area contributed by atoms with Gasteiger partial charge in [0.2, 0.25) is 0 Å². The topological polar surface area (TPSA) is 221 Å². The van der Waals surface area contributed by atoms with Crippen LogP contribution in [0.1, 0.15) is 11.1 Å². The summed E-state index contributed by atoms with van der Waals surface area (Å²) in [4.78, 5) is 40.3. The molecule has 0 radical (unpaired) electrons. The minimum atomic E-state index is -0.722. The fourth-order valence-corrected chi connectivity index (χ4v) is 3.63. The second-order valence-electron chi connectivity index (χ2n) is 8.21. The van der Waals surface area contributed by atoms with Gasteiger partial charge in [-0.05, 0) is 24.3 Å². The van der Waals surface area contributed by atoms with E-state index in [0.717, 1.165) is 24.3 Å². The first kappa shape index (κ1) is 32.5. The van der Waals surface area contributed by atoms with Crippen molar-refractivity contribution in [2.24, 2.45) is 10.2 Å². The predicted molar refractivity (Wildman–Crippen MR) is 165 cm³/mol. The van der Waals surface area contributed by atoms with Crippen LogP contribution >= 0.6 is 23.2 Å². The number of non-ortho nitro benzene ring substituents is 2. The van der Waals surface area contributed by atoms with Crippen LogP contribution in [0.4, 0.5) is 34.1 Å². The van der Waals surface area contributed by atoms with Gasteiger partial charge in [0, 0.05) is 33.3 Å². The molecule has 2 N–H and O–H groups in total. The predicted octanol–water partition coefficient (Wildman–Crippen LogP) is 7.20. The maximum atomic E-state index is 11.0. The molecular formula is C26H18Cl2N8O8. The summed E-state index contributed by atoms with van der Waals surface area (Å²) in [5.41, 5.74) is 4.68. The number of anilines is 2. The van der Waals surface area contributed by atoms with Gasteiger partial charge in [0.1, 0.15) is 11.4 Å². The van der Waals surface area contributed by atoms with E-state index in [0.29, 0.717) is 21.2 Å². The second-order valence-corrected chi connectivity index (χ2v) is 9.03. The lowest BCUT2D eigenvalue weighted by molar-refractivity contribution is -0.393. The Bertz CT molecular complexity index is 1660. The van der Waals surface area contributed by atoms with Crippen molar-refractivity contribution in [3.8, 4) is 0 Å². The number of nitrogens with one attached hydrogen (secondary N) is 2. The van der Waals surface area contributed by atoms with Crippen molar-refractivity contribution in [2.75, 3.05) is 10.9 Å². The minimum Gasteiger partial charge on any atom is -0.272 e. The van der Waals surface area contributed by atoms with Crippen LogP contribution in [-0.4, -0.2) is 32.1 Å². The van der Waals surface area contributed by atoms with Gasteiger partial charge in [0.05, 0.1) is 44.3 Å². The maximum absolute atomic E-state index is 11.0. The number of nitrogens with zero attached hydrogens (tertiary/aromatic N) is 6. The van der Waals surface area contributed by atoms with Crippen LogP contribution in [0.5, 0.6) is 0 Å². The van der Waals surface area contributed by atoms with Gasteiger partial charge < -0.3 is 0 Å². The maximum Gasteiger partial charge on any atom is 0.301 e. The third kappa shape index (κ3) is 9.00. The first-order valence-corrected chi connectivity index (χ1v) is 12.7. The zero-order chi connectivity index (χ0) is 32.2. The second kappa shape index (κ2) is 15.3. The summed E-state index contributed by atoms with van der Waals surface area (Å²) in [7, 11) is 0. The Morgan fingerprint density at radius 1 is 0.545 bits per heavy atom. The fraction of sp³-hybridized carbons (Fsp3) is 0. The summed E-state index contributed by atoms with van der Waals surface area (Å²) in [5, 5.41) is 51.9. The molecule has 0 bridgehead atoms. The van der Waals surface area contributed by atoms with Crippen LogP contribution in [0.25, 0.3) is 0 Å². The smallest absolute Gasteiger partial charge is 0.272 e. The van der Waals surface area contributed by atoms with E-state index in [-0.39, 0.29) is 22.7 Å². The number of hydrogen-bond acceptors (Lipinski definition) is 12. The first-order chi connectivity index (χ1) is 21.0. The molecule has 0 aliphatic rings. The molecule has 44 heavy (non-hydrogen) atoms. The Morgan fingerprint density at radius 2 is 0.909 bits per heavy atom. The van der Waals surface area contributed by atoms with Crippen molar-refractivity contribution in [2.45, 2.75) is 0 Å². The van der Waals surface area contributed by atoms with E-state index in [2.05, 4.69) is 21.1 Å². The van der Waals surface area contributed by atoms with Crippen LogP contribution in [0.2, 0.25) is 10.0 Å². The average molecular weight is 641 g/mol. The third-order valence-corrected chi connectivity index (χ3v) is 6.05. The largest absolute Gasteiger partial charge is 0.301 e. The lowest BCUT2D eigenvalue weighted by atomic mass is 10.2. The molecule has 0 saturated carbocycles. The molecule has 0 atom stereocenters. The van der Waals surface area contributed by atoms with Crippen molar-refractivity contribution < 1.29 is 19.7 Å². The summed E-state index contributed by atoms with van der Waals surface area (Å²) in [6.45, 7) is 0. The molecule has 4 rings (SSSR count). The minimum absolute atomic E-state index is 0.0407. The Hall–Kier alpha value is -6.00. The molecule has 4 aromatic rings. The van der Waals surface area contributed by atoms with Crippen LogP contribution in [-0.2, 0) is 0 Å². The molecular weight excluding hydrogens is 623 g/mol. The molecule has 0 fully saturated rings. The number of rotatable bonds is 10. The van der Waals surface area contributed by atoms with Gasteiger partial charge in [-0.2, -0.15) is 10.2 Å². The highest BCUT2D eigenvalue weighted by molar-refractivity contribution is 6.33. The van der Waals surface area contributed by atoms with Gasteiger partial charge in [-0.25, -0.2) is 0 Å². The molecule has 0 saturated heterocycles. The van der Waals surface area contributed by atoms with Crippen LogP contribution in [0.3, 0.4) is 0 Å². The quantitative estimate of drug-likeness (QED) is 0.101. The molecule has 0 aliphatic carbocycles. The molecule has 0 amide bonds. The molecule has 224 valence electrons. The first-order valence-electron chi connectivity index (χ1n) is 11.9. The van der Waals surface area contributed by atoms with Gasteiger partial charge >= 0.3 is 11.4 Å². The van der Waals surface area contributed by atoms with Crippen molar-refractivity contribution >= 4 is 69.8 Å². The van der Waals surface area contributed by atoms with E-state index < -0.39 is 31.1 Å². The Balaban J connectivity index is 0.000000240. The van der Waals surface area contributed by atoms with Crippen LogP contribution in [0, 0.1) is 40.5 Å².